The minimum atomic E-state index is -2.85. The van der Waals surface area contributed by atoms with E-state index in [0.717, 1.165) is 44.1 Å². The van der Waals surface area contributed by atoms with Crippen LogP contribution in [0.2, 0.25) is 0 Å². The molecule has 164 valence electrons. The van der Waals surface area contributed by atoms with Gasteiger partial charge in [-0.3, -0.25) is 0 Å². The number of fused-ring (bicyclic) bond motifs is 1. The largest absolute Gasteiger partial charge is 0.393 e. The van der Waals surface area contributed by atoms with Gasteiger partial charge in [-0.2, -0.15) is 0 Å². The molecule has 6 atom stereocenters. The molecular weight excluding hydrogens is 356 g/mol. The molecule has 0 aromatic heterocycles. The Morgan fingerprint density at radius 3 is 2.83 bits per heavy atom. The van der Waals surface area contributed by atoms with Gasteiger partial charge in [0.15, 0.2) is 0 Å². The monoisotopic (exact) mass is 407 g/mol. The van der Waals surface area contributed by atoms with Crippen LogP contribution in [-0.4, -0.2) is 22.4 Å². The maximum atomic E-state index is 10.2. The lowest BCUT2D eigenvalue weighted by Crippen LogP contribution is -2.36. The van der Waals surface area contributed by atoms with Crippen molar-refractivity contribution < 1.29 is 19.8 Å². The van der Waals surface area contributed by atoms with Crippen LogP contribution < -0.4 is 0 Å². The van der Waals surface area contributed by atoms with Crippen molar-refractivity contribution >= 4 is 0 Å². The molecule has 0 amide bonds. The number of hydrogen-bond donors (Lipinski definition) is 2. The fourth-order valence-electron chi connectivity index (χ4n) is 6.48. The van der Waals surface area contributed by atoms with Gasteiger partial charge in [0.05, 0.1) is 12.2 Å². The summed E-state index contributed by atoms with van der Waals surface area (Å²) in [6.07, 6.45) is 10.3. The topological polar surface area (TPSA) is 40.5 Å². The molecule has 0 spiro atoms. The van der Waals surface area contributed by atoms with Crippen molar-refractivity contribution in [1.82, 2.24) is 0 Å². The molecule has 3 fully saturated rings. The summed E-state index contributed by atoms with van der Waals surface area (Å²) in [5.41, 5.74) is 3.18. The number of aliphatic hydroxyl groups is 2. The molecule has 3 aliphatic rings. The van der Waals surface area contributed by atoms with Gasteiger partial charge in [0.1, 0.15) is 0 Å². The van der Waals surface area contributed by atoms with Crippen LogP contribution in [0, 0.1) is 29.1 Å². The molecule has 3 saturated carbocycles. The van der Waals surface area contributed by atoms with E-state index in [9.17, 15) is 10.2 Å². The third-order valence-corrected chi connectivity index (χ3v) is 8.08. The molecule has 0 aliphatic heterocycles. The summed E-state index contributed by atoms with van der Waals surface area (Å²) in [6, 6.07) is 0. The minimum Gasteiger partial charge on any atom is -0.393 e. The predicted molar refractivity (Wildman–Crippen MR) is 123 cm³/mol. The second kappa shape index (κ2) is 9.52. The van der Waals surface area contributed by atoms with Gasteiger partial charge in [-0.05, 0) is 78.7 Å². The first-order valence-corrected chi connectivity index (χ1v) is 11.5. The molecule has 2 heteroatoms. The van der Waals surface area contributed by atoms with Crippen molar-refractivity contribution in [2.75, 3.05) is 0 Å². The quantitative estimate of drug-likeness (QED) is 0.521. The molecule has 29 heavy (non-hydrogen) atoms. The van der Waals surface area contributed by atoms with Crippen LogP contribution in [0.5, 0.6) is 0 Å². The fourth-order valence-corrected chi connectivity index (χ4v) is 6.48. The van der Waals surface area contributed by atoms with Gasteiger partial charge in [0.25, 0.3) is 0 Å². The van der Waals surface area contributed by atoms with E-state index in [0.29, 0.717) is 42.6 Å². The smallest absolute Gasteiger partial charge is 0.0811 e. The van der Waals surface area contributed by atoms with Crippen LogP contribution in [0.3, 0.4) is 0 Å². The highest BCUT2D eigenvalue weighted by Crippen LogP contribution is 2.59. The van der Waals surface area contributed by atoms with E-state index < -0.39 is 31.8 Å². The summed E-state index contributed by atoms with van der Waals surface area (Å²) in [7, 11) is 0. The Morgan fingerprint density at radius 2 is 2.07 bits per heavy atom. The summed E-state index contributed by atoms with van der Waals surface area (Å²) >= 11 is 0. The lowest BCUT2D eigenvalue weighted by molar-refractivity contribution is 0.0861. The van der Waals surface area contributed by atoms with E-state index in [1.165, 1.54) is 5.57 Å². The Hall–Kier alpha value is -0.860. The molecule has 3 aliphatic carbocycles. The standard InChI is InChI=1S/C27H44O2/c1-18(2)8-6-9-19(3)24-13-14-25-21(10-7-15-27(24,25)5)11-12-22-16-23(28)17-26(29)20(22)4/h11-12,18-19,23-26,28-29H,4,6-10,13-17H2,1-3,5H3/b21-11?,22-12-/t19-,23-,24-,25+,26+,27-/m1/s1/i1D3,2D3,18D. The molecule has 3 rings (SSSR count). The normalized spacial score (nSPS) is 44.1. The van der Waals surface area contributed by atoms with Gasteiger partial charge in [-0.15, -0.1) is 0 Å². The summed E-state index contributed by atoms with van der Waals surface area (Å²) in [5.74, 6) is -1.19. The van der Waals surface area contributed by atoms with Crippen molar-refractivity contribution in [1.29, 1.82) is 0 Å². The van der Waals surface area contributed by atoms with Crippen molar-refractivity contribution in [3.8, 4) is 0 Å². The predicted octanol–water partition coefficient (Wildman–Crippen LogP) is 6.59. The maximum absolute atomic E-state index is 10.2. The van der Waals surface area contributed by atoms with Crippen LogP contribution in [0.1, 0.15) is 101 Å². The van der Waals surface area contributed by atoms with E-state index in [1.54, 1.807) is 0 Å². The SMILES string of the molecule is [2H]C([2H])([2H])C([2H])(CCC[C@@H](C)[C@H]1CC[C@H]2C(=C/C=C3/C[C@@H](O)C[C@H](O)C3=C)CCC[C@]12C)C([2H])([2H])[2H]. The van der Waals surface area contributed by atoms with E-state index in [-0.39, 0.29) is 11.8 Å². The lowest BCUT2D eigenvalue weighted by atomic mass is 9.60. The van der Waals surface area contributed by atoms with Crippen molar-refractivity contribution in [2.45, 2.75) is 104 Å². The van der Waals surface area contributed by atoms with Gasteiger partial charge < -0.3 is 10.2 Å². The molecule has 0 saturated heterocycles. The third kappa shape index (κ3) is 5.07. The van der Waals surface area contributed by atoms with Crippen molar-refractivity contribution in [3.63, 3.8) is 0 Å². The highest BCUT2D eigenvalue weighted by atomic mass is 16.3. The zero-order valence-electron chi connectivity index (χ0n) is 25.2. The molecular formula is C27H44O2. The summed E-state index contributed by atoms with van der Waals surface area (Å²) in [5, 5.41) is 20.2. The highest BCUT2D eigenvalue weighted by molar-refractivity contribution is 5.38. The molecule has 2 nitrogen and oxygen atoms in total. The molecule has 0 heterocycles. The summed E-state index contributed by atoms with van der Waals surface area (Å²) < 4.78 is 54.2. The van der Waals surface area contributed by atoms with Crippen LogP contribution in [0.15, 0.2) is 35.5 Å². The van der Waals surface area contributed by atoms with Gasteiger partial charge in [0.2, 0.25) is 0 Å². The van der Waals surface area contributed by atoms with Crippen LogP contribution in [-0.2, 0) is 0 Å². The van der Waals surface area contributed by atoms with E-state index in [4.69, 9.17) is 9.60 Å². The van der Waals surface area contributed by atoms with Gasteiger partial charge in [-0.25, -0.2) is 0 Å². The molecule has 0 aromatic carbocycles. The Bertz CT molecular complexity index is 858. The molecule has 0 unspecified atom stereocenters. The Labute approximate surface area is 189 Å². The average Bonchev–Trinajstić information content (AvgIpc) is 3.11. The first-order chi connectivity index (χ1) is 16.5. The third-order valence-electron chi connectivity index (χ3n) is 8.08. The minimum absolute atomic E-state index is 0.136. The molecule has 2 N–H and O–H groups in total. The molecule has 0 radical (unpaired) electrons. The van der Waals surface area contributed by atoms with Crippen LogP contribution >= 0.6 is 0 Å². The van der Waals surface area contributed by atoms with Gasteiger partial charge >= 0.3 is 0 Å². The number of aliphatic hydroxyl groups excluding tert-OH is 2. The number of allylic oxidation sites excluding steroid dienone is 3. The second-order valence-corrected chi connectivity index (χ2v) is 10.0. The van der Waals surface area contributed by atoms with E-state index in [1.807, 2.05) is 6.08 Å². The lowest BCUT2D eigenvalue weighted by Gasteiger charge is -2.44. The fraction of sp³-hybridized carbons (Fsp3) is 0.778. The Morgan fingerprint density at radius 1 is 1.28 bits per heavy atom. The number of rotatable bonds is 6. The van der Waals surface area contributed by atoms with Crippen LogP contribution in [0.4, 0.5) is 0 Å². The second-order valence-electron chi connectivity index (χ2n) is 10.0. The Kier molecular flexibility index (Phi) is 4.93. The Balaban J connectivity index is 1.69. The number of hydrogen-bond acceptors (Lipinski definition) is 2. The zero-order chi connectivity index (χ0) is 27.1. The van der Waals surface area contributed by atoms with E-state index in [2.05, 4.69) is 26.5 Å². The highest BCUT2D eigenvalue weighted by Gasteiger charge is 2.50. The first-order valence-electron chi connectivity index (χ1n) is 15.0. The van der Waals surface area contributed by atoms with Crippen molar-refractivity contribution in [2.24, 2.45) is 29.1 Å². The zero-order valence-corrected chi connectivity index (χ0v) is 18.2. The summed E-state index contributed by atoms with van der Waals surface area (Å²) in [6.45, 7) is 2.90. The first kappa shape index (κ1) is 15.0. The van der Waals surface area contributed by atoms with E-state index >= 15 is 0 Å². The molecule has 0 bridgehead atoms. The van der Waals surface area contributed by atoms with Gasteiger partial charge in [-0.1, -0.05) is 71.1 Å². The molecule has 0 aromatic rings. The van der Waals surface area contributed by atoms with Gasteiger partial charge in [0, 0.05) is 16.0 Å². The van der Waals surface area contributed by atoms with Crippen molar-refractivity contribution in [3.05, 3.63) is 35.5 Å². The summed E-state index contributed by atoms with van der Waals surface area (Å²) in [4.78, 5) is 0. The maximum Gasteiger partial charge on any atom is 0.0811 e. The van der Waals surface area contributed by atoms with Crippen LogP contribution in [0.25, 0.3) is 0 Å². The average molecular weight is 408 g/mol.